The van der Waals surface area contributed by atoms with Crippen molar-refractivity contribution in [2.75, 3.05) is 0 Å². The first-order valence-corrected chi connectivity index (χ1v) is 9.57. The molecule has 0 atom stereocenters. The lowest BCUT2D eigenvalue weighted by Crippen LogP contribution is -2.30. The second kappa shape index (κ2) is 8.00. The van der Waals surface area contributed by atoms with E-state index >= 15 is 0 Å². The molecule has 0 aliphatic carbocycles. The van der Waals surface area contributed by atoms with Crippen LogP contribution in [0.4, 0.5) is 4.39 Å². The van der Waals surface area contributed by atoms with Gasteiger partial charge in [0, 0.05) is 22.7 Å². The zero-order chi connectivity index (χ0) is 21.3. The molecule has 2 N–H and O–H groups in total. The molecule has 0 aliphatic heterocycles. The van der Waals surface area contributed by atoms with E-state index in [1.54, 1.807) is 32.0 Å². The van der Waals surface area contributed by atoms with Crippen LogP contribution in [0.3, 0.4) is 0 Å². The van der Waals surface area contributed by atoms with Crippen molar-refractivity contribution in [3.8, 4) is 17.1 Å². The van der Waals surface area contributed by atoms with Gasteiger partial charge in [-0.3, -0.25) is 4.79 Å². The molecular weight excluding hydrogens is 418 g/mol. The number of carbonyl (C=O) groups excluding carboxylic acids is 1. The number of hydrogen-bond acceptors (Lipinski definition) is 4. The smallest absolute Gasteiger partial charge is 0.248 e. The standard InChI is InChI=1S/C20H19Cl2FN4O2/c1-4-27-18(13-7-5-11(17(24)28)9-14(13)22)25-26-19(27)20(2,3)29-16-8-6-12(21)10-15(16)23/h5-10H,4H2,1-3H3,(H2,24,28). The Kier molecular flexibility index (Phi) is 5.82. The highest BCUT2D eigenvalue weighted by atomic mass is 35.5. The predicted molar refractivity (Wildman–Crippen MR) is 110 cm³/mol. The fraction of sp³-hybridized carbons (Fsp3) is 0.250. The average molecular weight is 437 g/mol. The highest BCUT2D eigenvalue weighted by Crippen LogP contribution is 2.33. The Morgan fingerprint density at radius 3 is 2.52 bits per heavy atom. The van der Waals surface area contributed by atoms with Crippen molar-refractivity contribution in [1.82, 2.24) is 14.8 Å². The van der Waals surface area contributed by atoms with Crippen LogP contribution < -0.4 is 10.5 Å². The van der Waals surface area contributed by atoms with E-state index in [1.165, 1.54) is 18.2 Å². The monoisotopic (exact) mass is 436 g/mol. The third kappa shape index (κ3) is 4.21. The summed E-state index contributed by atoms with van der Waals surface area (Å²) in [4.78, 5) is 11.4. The van der Waals surface area contributed by atoms with Gasteiger partial charge in [0.15, 0.2) is 28.8 Å². The Bertz CT molecular complexity index is 1080. The van der Waals surface area contributed by atoms with Crippen LogP contribution >= 0.6 is 23.2 Å². The molecule has 1 heterocycles. The molecule has 9 heteroatoms. The average Bonchev–Trinajstić information content (AvgIpc) is 3.08. The SMILES string of the molecule is CCn1c(-c2ccc(C(N)=O)cc2Cl)nnc1C(C)(C)Oc1ccc(Cl)cc1F. The lowest BCUT2D eigenvalue weighted by Gasteiger charge is -2.26. The summed E-state index contributed by atoms with van der Waals surface area (Å²) in [6.45, 7) is 5.96. The molecule has 0 bridgehead atoms. The number of carbonyl (C=O) groups is 1. The van der Waals surface area contributed by atoms with E-state index in [9.17, 15) is 9.18 Å². The van der Waals surface area contributed by atoms with Crippen molar-refractivity contribution in [2.24, 2.45) is 5.73 Å². The number of nitrogens with two attached hydrogens (primary N) is 1. The highest BCUT2D eigenvalue weighted by molar-refractivity contribution is 6.33. The summed E-state index contributed by atoms with van der Waals surface area (Å²) in [5.74, 6) is -0.110. The van der Waals surface area contributed by atoms with E-state index in [2.05, 4.69) is 10.2 Å². The minimum absolute atomic E-state index is 0.0513. The summed E-state index contributed by atoms with van der Waals surface area (Å²) in [5, 5.41) is 9.12. The van der Waals surface area contributed by atoms with Crippen LogP contribution in [0.2, 0.25) is 10.0 Å². The Morgan fingerprint density at radius 1 is 1.21 bits per heavy atom. The molecule has 0 saturated heterocycles. The molecule has 0 unspecified atom stereocenters. The van der Waals surface area contributed by atoms with Crippen LogP contribution in [0.5, 0.6) is 5.75 Å². The van der Waals surface area contributed by atoms with E-state index in [4.69, 9.17) is 33.7 Å². The van der Waals surface area contributed by atoms with Crippen molar-refractivity contribution in [3.05, 3.63) is 63.6 Å². The van der Waals surface area contributed by atoms with Crippen molar-refractivity contribution in [1.29, 1.82) is 0 Å². The molecule has 6 nitrogen and oxygen atoms in total. The first kappa shape index (κ1) is 21.1. The van der Waals surface area contributed by atoms with Crippen LogP contribution in [0.15, 0.2) is 36.4 Å². The van der Waals surface area contributed by atoms with Gasteiger partial charge in [-0.05, 0) is 57.2 Å². The maximum Gasteiger partial charge on any atom is 0.248 e. The lowest BCUT2D eigenvalue weighted by molar-refractivity contribution is 0.0885. The van der Waals surface area contributed by atoms with Crippen molar-refractivity contribution in [3.63, 3.8) is 0 Å². The Labute approximate surface area is 177 Å². The molecule has 0 fully saturated rings. The summed E-state index contributed by atoms with van der Waals surface area (Å²) < 4.78 is 21.9. The van der Waals surface area contributed by atoms with Crippen LogP contribution in [0.25, 0.3) is 11.4 Å². The Hall–Kier alpha value is -2.64. The maximum absolute atomic E-state index is 14.2. The molecule has 29 heavy (non-hydrogen) atoms. The number of ether oxygens (including phenoxy) is 1. The molecule has 2 aromatic carbocycles. The molecule has 1 aromatic heterocycles. The Morgan fingerprint density at radius 2 is 1.93 bits per heavy atom. The van der Waals surface area contributed by atoms with Gasteiger partial charge in [0.25, 0.3) is 0 Å². The third-order valence-corrected chi connectivity index (χ3v) is 4.91. The summed E-state index contributed by atoms with van der Waals surface area (Å²) in [6.07, 6.45) is 0. The number of rotatable bonds is 6. The molecular formula is C20H19Cl2FN4O2. The molecule has 0 saturated carbocycles. The van der Waals surface area contributed by atoms with Crippen LogP contribution in [0.1, 0.15) is 37.0 Å². The number of benzene rings is 2. The van der Waals surface area contributed by atoms with Crippen LogP contribution in [0, 0.1) is 5.82 Å². The van der Waals surface area contributed by atoms with Gasteiger partial charge >= 0.3 is 0 Å². The van der Waals surface area contributed by atoms with Gasteiger partial charge < -0.3 is 15.0 Å². The third-order valence-electron chi connectivity index (χ3n) is 4.36. The fourth-order valence-electron chi connectivity index (χ4n) is 2.98. The maximum atomic E-state index is 14.2. The number of halogens is 3. The summed E-state index contributed by atoms with van der Waals surface area (Å²) in [6, 6.07) is 8.91. The highest BCUT2D eigenvalue weighted by Gasteiger charge is 2.32. The zero-order valence-electron chi connectivity index (χ0n) is 16.0. The first-order valence-electron chi connectivity index (χ1n) is 8.81. The quantitative estimate of drug-likeness (QED) is 0.599. The van der Waals surface area contributed by atoms with Gasteiger partial charge in [-0.25, -0.2) is 4.39 Å². The topological polar surface area (TPSA) is 83.0 Å². The molecule has 3 aromatic rings. The molecule has 3 rings (SSSR count). The van der Waals surface area contributed by atoms with E-state index in [1.807, 2.05) is 11.5 Å². The summed E-state index contributed by atoms with van der Waals surface area (Å²) in [5.41, 5.74) is 5.18. The van der Waals surface area contributed by atoms with Crippen LogP contribution in [-0.4, -0.2) is 20.7 Å². The van der Waals surface area contributed by atoms with Crippen molar-refractivity contribution < 1.29 is 13.9 Å². The predicted octanol–water partition coefficient (Wildman–Crippen LogP) is 4.82. The van der Waals surface area contributed by atoms with Crippen molar-refractivity contribution in [2.45, 2.75) is 32.9 Å². The number of aromatic nitrogens is 3. The molecule has 0 radical (unpaired) electrons. The van der Waals surface area contributed by atoms with Gasteiger partial charge in [0.05, 0.1) is 5.02 Å². The fourth-order valence-corrected chi connectivity index (χ4v) is 3.40. The number of primary amides is 1. The van der Waals surface area contributed by atoms with Crippen LogP contribution in [-0.2, 0) is 12.1 Å². The Balaban J connectivity index is 2.01. The number of amides is 1. The summed E-state index contributed by atoms with van der Waals surface area (Å²) >= 11 is 12.1. The molecule has 0 spiro atoms. The van der Waals surface area contributed by atoms with E-state index in [0.29, 0.717) is 34.3 Å². The van der Waals surface area contributed by atoms with Gasteiger partial charge in [-0.1, -0.05) is 23.2 Å². The van der Waals surface area contributed by atoms with Crippen molar-refractivity contribution >= 4 is 29.1 Å². The number of hydrogen-bond donors (Lipinski definition) is 1. The first-order chi connectivity index (χ1) is 13.6. The van der Waals surface area contributed by atoms with Gasteiger partial charge in [-0.15, -0.1) is 10.2 Å². The lowest BCUT2D eigenvalue weighted by atomic mass is 10.1. The van der Waals surface area contributed by atoms with Gasteiger partial charge in [0.1, 0.15) is 0 Å². The van der Waals surface area contributed by atoms with E-state index in [0.717, 1.165) is 0 Å². The molecule has 0 aliphatic rings. The van der Waals surface area contributed by atoms with Gasteiger partial charge in [0.2, 0.25) is 5.91 Å². The molecule has 152 valence electrons. The molecule has 1 amide bonds. The minimum atomic E-state index is -1.00. The van der Waals surface area contributed by atoms with E-state index in [-0.39, 0.29) is 10.8 Å². The second-order valence-corrected chi connectivity index (χ2v) is 7.68. The van der Waals surface area contributed by atoms with Gasteiger partial charge in [-0.2, -0.15) is 0 Å². The summed E-state index contributed by atoms with van der Waals surface area (Å²) in [7, 11) is 0. The second-order valence-electron chi connectivity index (χ2n) is 6.84. The minimum Gasteiger partial charge on any atom is -0.477 e. The normalized spacial score (nSPS) is 11.5. The number of nitrogens with zero attached hydrogens (tertiary/aromatic N) is 3. The zero-order valence-corrected chi connectivity index (χ0v) is 17.6. The largest absolute Gasteiger partial charge is 0.477 e. The van der Waals surface area contributed by atoms with E-state index < -0.39 is 17.3 Å².